The highest BCUT2D eigenvalue weighted by Gasteiger charge is 2.31. The van der Waals surface area contributed by atoms with E-state index in [-0.39, 0.29) is 45.2 Å². The SMILES string of the molecule is C=CC(=O)N1CC(C)N(CCCn2c(=O)c(-c3c(Cl)c(OC)cc(OC)c3Cl)cc3cnc(NC4COC4)nc32)C(C)C1. The first-order valence-corrected chi connectivity index (χ1v) is 14.9. The second-order valence-electron chi connectivity index (χ2n) is 10.9. The van der Waals surface area contributed by atoms with Crippen molar-refractivity contribution in [3.8, 4) is 22.6 Å². The van der Waals surface area contributed by atoms with Crippen molar-refractivity contribution in [3.63, 3.8) is 0 Å². The van der Waals surface area contributed by atoms with Gasteiger partial charge in [0.25, 0.3) is 5.56 Å². The molecular weight excluding hydrogens is 595 g/mol. The van der Waals surface area contributed by atoms with Crippen molar-refractivity contribution in [2.45, 2.75) is 44.9 Å². The van der Waals surface area contributed by atoms with E-state index in [9.17, 15) is 9.59 Å². The number of rotatable bonds is 10. The van der Waals surface area contributed by atoms with E-state index in [1.165, 1.54) is 20.3 Å². The third-order valence-electron chi connectivity index (χ3n) is 8.03. The quantitative estimate of drug-likeness (QED) is 0.331. The number of pyridine rings is 1. The minimum Gasteiger partial charge on any atom is -0.495 e. The monoisotopic (exact) mass is 630 g/mol. The fraction of sp³-hybridized carbons (Fsp3) is 0.467. The van der Waals surface area contributed by atoms with Crippen LogP contribution in [0.5, 0.6) is 11.5 Å². The van der Waals surface area contributed by atoms with Gasteiger partial charge >= 0.3 is 0 Å². The van der Waals surface area contributed by atoms with Gasteiger partial charge in [-0.05, 0) is 32.4 Å². The summed E-state index contributed by atoms with van der Waals surface area (Å²) in [6.45, 7) is 11.3. The Morgan fingerprint density at radius 3 is 2.33 bits per heavy atom. The highest BCUT2D eigenvalue weighted by molar-refractivity contribution is 6.41. The molecule has 2 fully saturated rings. The molecule has 2 aliphatic heterocycles. The van der Waals surface area contributed by atoms with Crippen LogP contribution in [0.4, 0.5) is 5.95 Å². The lowest BCUT2D eigenvalue weighted by atomic mass is 10.0. The van der Waals surface area contributed by atoms with E-state index >= 15 is 0 Å². The van der Waals surface area contributed by atoms with E-state index in [1.54, 1.807) is 22.9 Å². The van der Waals surface area contributed by atoms with Gasteiger partial charge in [-0.2, -0.15) is 4.98 Å². The van der Waals surface area contributed by atoms with E-state index in [4.69, 9.17) is 42.4 Å². The molecule has 2 unspecified atom stereocenters. The molecule has 2 aliphatic rings. The Labute approximate surface area is 260 Å². The van der Waals surface area contributed by atoms with Gasteiger partial charge in [0, 0.05) is 61.5 Å². The lowest BCUT2D eigenvalue weighted by Crippen LogP contribution is -2.58. The maximum Gasteiger partial charge on any atom is 0.260 e. The highest BCUT2D eigenvalue weighted by Crippen LogP contribution is 2.45. The van der Waals surface area contributed by atoms with Crippen molar-refractivity contribution < 1.29 is 19.0 Å². The van der Waals surface area contributed by atoms with Crippen LogP contribution in [0, 0.1) is 0 Å². The predicted molar refractivity (Wildman–Crippen MR) is 168 cm³/mol. The minimum atomic E-state index is -0.300. The third kappa shape index (κ3) is 6.17. The maximum atomic E-state index is 14.2. The highest BCUT2D eigenvalue weighted by atomic mass is 35.5. The predicted octanol–water partition coefficient (Wildman–Crippen LogP) is 4.09. The number of halogens is 2. The molecule has 0 radical (unpaired) electrons. The van der Waals surface area contributed by atoms with Gasteiger partial charge < -0.3 is 24.4 Å². The number of carbonyl (C=O) groups is 1. The van der Waals surface area contributed by atoms with Crippen molar-refractivity contribution in [1.82, 2.24) is 24.3 Å². The van der Waals surface area contributed by atoms with Crippen molar-refractivity contribution in [2.75, 3.05) is 52.4 Å². The summed E-state index contributed by atoms with van der Waals surface area (Å²) in [6.07, 6.45) is 3.70. The Hall–Kier alpha value is -3.38. The molecule has 1 amide bonds. The Morgan fingerprint density at radius 2 is 1.77 bits per heavy atom. The molecule has 1 aromatic carbocycles. The van der Waals surface area contributed by atoms with Gasteiger partial charge in [0.1, 0.15) is 17.1 Å². The average molecular weight is 632 g/mol. The van der Waals surface area contributed by atoms with Crippen molar-refractivity contribution in [1.29, 1.82) is 0 Å². The van der Waals surface area contributed by atoms with Gasteiger partial charge in [-0.3, -0.25) is 19.1 Å². The van der Waals surface area contributed by atoms with Crippen LogP contribution in [0.25, 0.3) is 22.2 Å². The van der Waals surface area contributed by atoms with E-state index in [2.05, 4.69) is 35.6 Å². The maximum absolute atomic E-state index is 14.2. The number of aryl methyl sites for hydroxylation is 1. The van der Waals surface area contributed by atoms with Crippen LogP contribution < -0.4 is 20.3 Å². The van der Waals surface area contributed by atoms with Crippen LogP contribution in [-0.4, -0.2) is 95.4 Å². The molecular formula is C30H36Cl2N6O5. The number of hydrogen-bond donors (Lipinski definition) is 1. The number of fused-ring (bicyclic) bond motifs is 1. The largest absolute Gasteiger partial charge is 0.495 e. The number of hydrogen-bond acceptors (Lipinski definition) is 9. The van der Waals surface area contributed by atoms with Crippen LogP contribution in [-0.2, 0) is 16.1 Å². The molecule has 4 heterocycles. The van der Waals surface area contributed by atoms with Crippen LogP contribution in [0.3, 0.4) is 0 Å². The zero-order chi connectivity index (χ0) is 30.8. The standard InChI is InChI=1S/C30H36Cl2N6O5/c1-6-24(39)36-13-17(2)37(18(3)14-36)8-7-9-38-28-19(12-33-30(35-28)34-20-15-43-16-20)10-21(29(38)40)25-26(31)22(41-4)11-23(42-5)27(25)32/h6,10-12,17-18,20H,1,7-9,13-16H2,2-5H3,(H,33,34,35). The van der Waals surface area contributed by atoms with Crippen LogP contribution in [0.1, 0.15) is 20.3 Å². The molecule has 230 valence electrons. The second-order valence-corrected chi connectivity index (χ2v) is 11.6. The Balaban J connectivity index is 1.52. The fourth-order valence-corrected chi connectivity index (χ4v) is 6.46. The van der Waals surface area contributed by atoms with Crippen LogP contribution in [0.15, 0.2) is 35.8 Å². The summed E-state index contributed by atoms with van der Waals surface area (Å²) < 4.78 is 17.8. The zero-order valence-corrected chi connectivity index (χ0v) is 26.2. The molecule has 2 aromatic heterocycles. The topological polar surface area (TPSA) is 111 Å². The van der Waals surface area contributed by atoms with Crippen LogP contribution in [0.2, 0.25) is 10.0 Å². The number of carbonyl (C=O) groups excluding carboxylic acids is 1. The summed E-state index contributed by atoms with van der Waals surface area (Å²) in [7, 11) is 2.98. The molecule has 0 aliphatic carbocycles. The number of ether oxygens (including phenoxy) is 3. The molecule has 5 rings (SSSR count). The van der Waals surface area contributed by atoms with Gasteiger partial charge in [-0.25, -0.2) is 4.98 Å². The zero-order valence-electron chi connectivity index (χ0n) is 24.7. The van der Waals surface area contributed by atoms with Gasteiger partial charge in [0.05, 0.1) is 49.1 Å². The molecule has 3 aromatic rings. The molecule has 0 bridgehead atoms. The summed E-state index contributed by atoms with van der Waals surface area (Å²) >= 11 is 13.5. The molecule has 43 heavy (non-hydrogen) atoms. The number of nitrogens with zero attached hydrogens (tertiary/aromatic N) is 5. The number of piperazine rings is 1. The number of amides is 1. The number of benzene rings is 1. The average Bonchev–Trinajstić information content (AvgIpc) is 2.97. The van der Waals surface area contributed by atoms with Gasteiger partial charge in [-0.15, -0.1) is 0 Å². The van der Waals surface area contributed by atoms with Gasteiger partial charge in [0.15, 0.2) is 0 Å². The summed E-state index contributed by atoms with van der Waals surface area (Å²) in [4.78, 5) is 39.9. The second kappa shape index (κ2) is 13.1. The van der Waals surface area contributed by atoms with E-state index in [0.29, 0.717) is 73.3 Å². The number of nitrogens with one attached hydrogen (secondary N) is 1. The van der Waals surface area contributed by atoms with E-state index in [0.717, 1.165) is 6.54 Å². The fourth-order valence-electron chi connectivity index (χ4n) is 5.76. The summed E-state index contributed by atoms with van der Waals surface area (Å²) in [6, 6.07) is 3.71. The number of anilines is 1. The van der Waals surface area contributed by atoms with E-state index < -0.39 is 0 Å². The first-order chi connectivity index (χ1) is 20.7. The molecule has 13 heteroatoms. The van der Waals surface area contributed by atoms with Crippen molar-refractivity contribution >= 4 is 46.1 Å². The molecule has 0 saturated carbocycles. The van der Waals surface area contributed by atoms with Gasteiger partial charge in [0.2, 0.25) is 11.9 Å². The minimum absolute atomic E-state index is 0.0581. The Bertz CT molecular complexity index is 1550. The number of aromatic nitrogens is 3. The molecule has 11 nitrogen and oxygen atoms in total. The first kappa shape index (κ1) is 31.1. The van der Waals surface area contributed by atoms with Crippen LogP contribution >= 0.6 is 23.2 Å². The van der Waals surface area contributed by atoms with Crippen molar-refractivity contribution in [2.24, 2.45) is 0 Å². The first-order valence-electron chi connectivity index (χ1n) is 14.2. The molecule has 0 spiro atoms. The molecule has 2 saturated heterocycles. The number of methoxy groups -OCH3 is 2. The summed E-state index contributed by atoms with van der Waals surface area (Å²) in [5.41, 5.74) is 0.802. The summed E-state index contributed by atoms with van der Waals surface area (Å²) in [5, 5.41) is 4.32. The molecule has 2 atom stereocenters. The van der Waals surface area contributed by atoms with E-state index in [1.807, 2.05) is 4.90 Å². The smallest absolute Gasteiger partial charge is 0.260 e. The summed E-state index contributed by atoms with van der Waals surface area (Å²) in [5.74, 6) is 1.03. The Kier molecular flexibility index (Phi) is 9.45. The molecule has 1 N–H and O–H groups in total. The Morgan fingerprint density at radius 1 is 1.12 bits per heavy atom. The third-order valence-corrected chi connectivity index (χ3v) is 8.78. The van der Waals surface area contributed by atoms with Crippen molar-refractivity contribution in [3.05, 3.63) is 51.4 Å². The van der Waals surface area contributed by atoms with Gasteiger partial charge in [-0.1, -0.05) is 29.8 Å². The lowest BCUT2D eigenvalue weighted by molar-refractivity contribution is -0.130. The lowest BCUT2D eigenvalue weighted by Gasteiger charge is -2.44. The normalized spacial score (nSPS) is 19.3.